The van der Waals surface area contributed by atoms with Crippen molar-refractivity contribution in [2.24, 2.45) is 0 Å². The summed E-state index contributed by atoms with van der Waals surface area (Å²) in [5.41, 5.74) is 0.744. The molecule has 5 nitrogen and oxygen atoms in total. The molecule has 2 aromatic rings. The van der Waals surface area contributed by atoms with E-state index in [-0.39, 0.29) is 16.7 Å². The quantitative estimate of drug-likeness (QED) is 0.811. The lowest BCUT2D eigenvalue weighted by Gasteiger charge is -2.14. The Bertz CT molecular complexity index is 631. The van der Waals surface area contributed by atoms with Gasteiger partial charge in [-0.15, -0.1) is 0 Å². The van der Waals surface area contributed by atoms with Crippen LogP contribution in [-0.4, -0.2) is 31.3 Å². The highest BCUT2D eigenvalue weighted by molar-refractivity contribution is 6.29. The van der Waals surface area contributed by atoms with Crippen molar-refractivity contribution in [3.63, 3.8) is 0 Å². The first-order valence-electron chi connectivity index (χ1n) is 6.01. The number of ether oxygens (including phenoxy) is 3. The number of aryl methyl sites for hydroxylation is 1. The van der Waals surface area contributed by atoms with Gasteiger partial charge in [-0.25, -0.2) is 14.4 Å². The minimum Gasteiger partial charge on any atom is -0.493 e. The van der Waals surface area contributed by atoms with E-state index in [2.05, 4.69) is 9.97 Å². The minimum atomic E-state index is -0.632. The van der Waals surface area contributed by atoms with Gasteiger partial charge in [-0.1, -0.05) is 11.6 Å². The highest BCUT2D eigenvalue weighted by Crippen LogP contribution is 2.40. The first kappa shape index (κ1) is 15.3. The average molecular weight is 313 g/mol. The van der Waals surface area contributed by atoms with Crippen molar-refractivity contribution in [3.8, 4) is 28.6 Å². The van der Waals surface area contributed by atoms with Gasteiger partial charge >= 0.3 is 0 Å². The monoisotopic (exact) mass is 312 g/mol. The lowest BCUT2D eigenvalue weighted by Crippen LogP contribution is -2.00. The van der Waals surface area contributed by atoms with E-state index in [1.165, 1.54) is 28.3 Å². The summed E-state index contributed by atoms with van der Waals surface area (Å²) in [6.45, 7) is 1.52. The van der Waals surface area contributed by atoms with Crippen LogP contribution in [0.2, 0.25) is 5.15 Å². The highest BCUT2D eigenvalue weighted by Gasteiger charge is 2.17. The third-order valence-electron chi connectivity index (χ3n) is 2.90. The molecule has 0 aliphatic heterocycles. The van der Waals surface area contributed by atoms with Crippen LogP contribution in [0.3, 0.4) is 0 Å². The van der Waals surface area contributed by atoms with Crippen LogP contribution in [0.1, 0.15) is 5.69 Å². The molecule has 1 aromatic carbocycles. The van der Waals surface area contributed by atoms with Crippen LogP contribution in [0.25, 0.3) is 11.4 Å². The van der Waals surface area contributed by atoms with E-state index < -0.39 is 5.82 Å². The van der Waals surface area contributed by atoms with E-state index in [1.807, 2.05) is 0 Å². The van der Waals surface area contributed by atoms with Gasteiger partial charge in [0.1, 0.15) is 0 Å². The van der Waals surface area contributed by atoms with Crippen LogP contribution in [0.5, 0.6) is 17.2 Å². The fraction of sp³-hybridized carbons (Fsp3) is 0.286. The SMILES string of the molecule is COc1cc(-c2nc(C)c(F)c(Cl)n2)cc(OC)c1OC. The van der Waals surface area contributed by atoms with Crippen LogP contribution in [0.4, 0.5) is 4.39 Å². The first-order chi connectivity index (χ1) is 10.0. The zero-order valence-electron chi connectivity index (χ0n) is 12.0. The van der Waals surface area contributed by atoms with E-state index in [9.17, 15) is 4.39 Å². The predicted octanol–water partition coefficient (Wildman–Crippen LogP) is 3.27. The van der Waals surface area contributed by atoms with Gasteiger partial charge in [-0.3, -0.25) is 0 Å². The van der Waals surface area contributed by atoms with Crippen molar-refractivity contribution in [2.75, 3.05) is 21.3 Å². The summed E-state index contributed by atoms with van der Waals surface area (Å²) in [4.78, 5) is 8.03. The number of hydrogen-bond acceptors (Lipinski definition) is 5. The van der Waals surface area contributed by atoms with E-state index in [4.69, 9.17) is 25.8 Å². The van der Waals surface area contributed by atoms with Crippen LogP contribution in [0.15, 0.2) is 12.1 Å². The second kappa shape index (κ2) is 6.13. The van der Waals surface area contributed by atoms with Gasteiger partial charge in [-0.2, -0.15) is 0 Å². The number of halogens is 2. The van der Waals surface area contributed by atoms with Gasteiger partial charge in [0.2, 0.25) is 5.75 Å². The van der Waals surface area contributed by atoms with Crippen molar-refractivity contribution in [1.29, 1.82) is 0 Å². The Balaban J connectivity index is 2.64. The number of aromatic nitrogens is 2. The third-order valence-corrected chi connectivity index (χ3v) is 3.15. The van der Waals surface area contributed by atoms with Crippen LogP contribution < -0.4 is 14.2 Å². The smallest absolute Gasteiger partial charge is 0.203 e. The first-order valence-corrected chi connectivity index (χ1v) is 6.39. The summed E-state index contributed by atoms with van der Waals surface area (Å²) in [7, 11) is 4.52. The molecule has 0 unspecified atom stereocenters. The van der Waals surface area contributed by atoms with Gasteiger partial charge in [0.25, 0.3) is 0 Å². The molecule has 7 heteroatoms. The molecule has 0 saturated carbocycles. The van der Waals surface area contributed by atoms with Crippen LogP contribution >= 0.6 is 11.6 Å². The van der Waals surface area contributed by atoms with Gasteiger partial charge in [0.05, 0.1) is 27.0 Å². The Morgan fingerprint density at radius 3 is 2.00 bits per heavy atom. The maximum Gasteiger partial charge on any atom is 0.203 e. The molecule has 2 rings (SSSR count). The van der Waals surface area contributed by atoms with Crippen LogP contribution in [-0.2, 0) is 0 Å². The molecule has 0 atom stereocenters. The van der Waals surface area contributed by atoms with E-state index in [1.54, 1.807) is 12.1 Å². The van der Waals surface area contributed by atoms with E-state index >= 15 is 0 Å². The molecule has 112 valence electrons. The molecule has 21 heavy (non-hydrogen) atoms. The van der Waals surface area contributed by atoms with E-state index in [0.29, 0.717) is 22.8 Å². The zero-order valence-corrected chi connectivity index (χ0v) is 12.8. The molecule has 1 aromatic heterocycles. The highest BCUT2D eigenvalue weighted by atomic mass is 35.5. The number of nitrogens with zero attached hydrogens (tertiary/aromatic N) is 2. The average Bonchev–Trinajstić information content (AvgIpc) is 2.50. The molecule has 0 N–H and O–H groups in total. The number of rotatable bonds is 4. The Morgan fingerprint density at radius 1 is 1.00 bits per heavy atom. The molecule has 0 spiro atoms. The second-order valence-electron chi connectivity index (χ2n) is 4.15. The Kier molecular flexibility index (Phi) is 4.47. The second-order valence-corrected chi connectivity index (χ2v) is 4.51. The third kappa shape index (κ3) is 2.85. The fourth-order valence-corrected chi connectivity index (χ4v) is 2.08. The van der Waals surface area contributed by atoms with Gasteiger partial charge in [-0.05, 0) is 19.1 Å². The normalized spacial score (nSPS) is 10.4. The number of benzene rings is 1. The topological polar surface area (TPSA) is 53.5 Å². The predicted molar refractivity (Wildman–Crippen MR) is 76.8 cm³/mol. The van der Waals surface area contributed by atoms with Crippen molar-refractivity contribution in [3.05, 3.63) is 28.8 Å². The number of methoxy groups -OCH3 is 3. The maximum absolute atomic E-state index is 13.5. The van der Waals surface area contributed by atoms with Gasteiger partial charge in [0.15, 0.2) is 28.3 Å². The van der Waals surface area contributed by atoms with Crippen molar-refractivity contribution >= 4 is 11.6 Å². The van der Waals surface area contributed by atoms with Crippen molar-refractivity contribution in [1.82, 2.24) is 9.97 Å². The van der Waals surface area contributed by atoms with Crippen molar-refractivity contribution in [2.45, 2.75) is 6.92 Å². The fourth-order valence-electron chi connectivity index (χ4n) is 1.86. The maximum atomic E-state index is 13.5. The minimum absolute atomic E-state index is 0.166. The molecule has 0 aliphatic rings. The Hall–Kier alpha value is -2.08. The summed E-state index contributed by atoms with van der Waals surface area (Å²) in [5.74, 6) is 1.00. The zero-order chi connectivity index (χ0) is 15.6. The molecular formula is C14H14ClFN2O3. The standard InChI is InChI=1S/C14H14ClFN2O3/c1-7-11(16)13(15)18-14(17-7)8-5-9(19-2)12(21-4)10(6-8)20-3/h5-6H,1-4H3. The van der Waals surface area contributed by atoms with Gasteiger partial charge < -0.3 is 14.2 Å². The molecule has 0 aliphatic carbocycles. The van der Waals surface area contributed by atoms with E-state index in [0.717, 1.165) is 0 Å². The largest absolute Gasteiger partial charge is 0.493 e. The Morgan fingerprint density at radius 2 is 1.57 bits per heavy atom. The lowest BCUT2D eigenvalue weighted by molar-refractivity contribution is 0.324. The lowest BCUT2D eigenvalue weighted by atomic mass is 10.1. The summed E-state index contributed by atoms with van der Waals surface area (Å²) in [6.07, 6.45) is 0. The Labute approximate surface area is 126 Å². The summed E-state index contributed by atoms with van der Waals surface area (Å²) >= 11 is 5.76. The summed E-state index contributed by atoms with van der Waals surface area (Å²) in [6, 6.07) is 3.34. The van der Waals surface area contributed by atoms with Crippen LogP contribution in [0, 0.1) is 12.7 Å². The van der Waals surface area contributed by atoms with Gasteiger partial charge in [0, 0.05) is 5.56 Å². The summed E-state index contributed by atoms with van der Waals surface area (Å²) in [5, 5.41) is -0.230. The summed E-state index contributed by atoms with van der Waals surface area (Å²) < 4.78 is 29.3. The molecular weight excluding hydrogens is 299 g/mol. The molecule has 0 saturated heterocycles. The molecule has 1 heterocycles. The molecule has 0 radical (unpaired) electrons. The van der Waals surface area contributed by atoms with Crippen molar-refractivity contribution < 1.29 is 18.6 Å². The molecule has 0 amide bonds. The molecule has 0 fully saturated rings. The number of hydrogen-bond donors (Lipinski definition) is 0. The molecule has 0 bridgehead atoms.